The third-order valence-electron chi connectivity index (χ3n) is 3.87. The molecule has 0 aliphatic carbocycles. The molecular weight excluding hydrogens is 356 g/mol. The third kappa shape index (κ3) is 5.35. The maximum absolute atomic E-state index is 12.7. The lowest BCUT2D eigenvalue weighted by Gasteiger charge is -2.12. The molecule has 0 heterocycles. The molecule has 3 aromatic carbocycles. The Labute approximate surface area is 162 Å². The van der Waals surface area contributed by atoms with Gasteiger partial charge in [0.15, 0.2) is 6.61 Å². The van der Waals surface area contributed by atoms with E-state index in [0.29, 0.717) is 17.0 Å². The van der Waals surface area contributed by atoms with Crippen molar-refractivity contribution in [1.82, 2.24) is 0 Å². The average molecular weight is 376 g/mol. The number of carbonyl (C=O) groups excluding carboxylic acids is 2. The first-order valence-electron chi connectivity index (χ1n) is 8.70. The van der Waals surface area contributed by atoms with Crippen LogP contribution in [0.2, 0.25) is 0 Å². The molecule has 0 fully saturated rings. The topological polar surface area (TPSA) is 90.7 Å². The predicted octanol–water partition coefficient (Wildman–Crippen LogP) is 3.38. The predicted molar refractivity (Wildman–Crippen MR) is 106 cm³/mol. The minimum atomic E-state index is -0.568. The minimum absolute atomic E-state index is 0.225. The Bertz CT molecular complexity index is 958. The van der Waals surface area contributed by atoms with Gasteiger partial charge >= 0.3 is 0 Å². The quantitative estimate of drug-likeness (QED) is 0.631. The second kappa shape index (κ2) is 9.23. The van der Waals surface area contributed by atoms with Gasteiger partial charge in [0, 0.05) is 22.9 Å². The van der Waals surface area contributed by atoms with E-state index < -0.39 is 5.91 Å². The number of ether oxygens (including phenoxy) is 2. The van der Waals surface area contributed by atoms with E-state index in [0.717, 1.165) is 11.3 Å². The van der Waals surface area contributed by atoms with Gasteiger partial charge in [-0.2, -0.15) is 0 Å². The van der Waals surface area contributed by atoms with Crippen LogP contribution in [0, 0.1) is 0 Å². The fraction of sp³-hybridized carbons (Fsp3) is 0.0909. The Hall–Kier alpha value is -3.80. The van der Waals surface area contributed by atoms with Gasteiger partial charge in [-0.1, -0.05) is 42.5 Å². The average Bonchev–Trinajstić information content (AvgIpc) is 2.72. The molecule has 3 N–H and O–H groups in total. The van der Waals surface area contributed by atoms with Gasteiger partial charge < -0.3 is 20.5 Å². The molecule has 0 saturated heterocycles. The van der Waals surface area contributed by atoms with E-state index >= 15 is 0 Å². The molecule has 0 aromatic heterocycles. The normalized spacial score (nSPS) is 10.1. The number of rotatable bonds is 8. The monoisotopic (exact) mass is 376 g/mol. The molecule has 6 nitrogen and oxygen atoms in total. The Morgan fingerprint density at radius 2 is 1.54 bits per heavy atom. The summed E-state index contributed by atoms with van der Waals surface area (Å²) < 4.78 is 11.0. The zero-order valence-electron chi connectivity index (χ0n) is 15.1. The number of anilines is 1. The van der Waals surface area contributed by atoms with Crippen LogP contribution in [0.4, 0.5) is 5.69 Å². The van der Waals surface area contributed by atoms with E-state index in [-0.39, 0.29) is 19.1 Å². The van der Waals surface area contributed by atoms with Crippen LogP contribution in [0.3, 0.4) is 0 Å². The number of amides is 2. The standard InChI is InChI=1S/C22H20N2O4/c23-21(25)15-28-19-11-6-8-17(13-19)24-22(26)20-12-5-4-7-16(20)14-27-18-9-2-1-3-10-18/h1-13H,14-15H2,(H2,23,25)(H,24,26). The van der Waals surface area contributed by atoms with Crippen molar-refractivity contribution in [2.24, 2.45) is 5.73 Å². The van der Waals surface area contributed by atoms with E-state index in [1.165, 1.54) is 0 Å². The fourth-order valence-electron chi connectivity index (χ4n) is 2.56. The van der Waals surface area contributed by atoms with Gasteiger partial charge in [0.05, 0.1) is 0 Å². The van der Waals surface area contributed by atoms with Crippen molar-refractivity contribution in [1.29, 1.82) is 0 Å². The summed E-state index contributed by atoms with van der Waals surface area (Å²) in [4.78, 5) is 23.6. The van der Waals surface area contributed by atoms with Gasteiger partial charge in [0.2, 0.25) is 0 Å². The van der Waals surface area contributed by atoms with Crippen molar-refractivity contribution >= 4 is 17.5 Å². The Morgan fingerprint density at radius 3 is 2.32 bits per heavy atom. The maximum atomic E-state index is 12.7. The van der Waals surface area contributed by atoms with Crippen molar-refractivity contribution < 1.29 is 19.1 Å². The minimum Gasteiger partial charge on any atom is -0.489 e. The zero-order chi connectivity index (χ0) is 19.8. The third-order valence-corrected chi connectivity index (χ3v) is 3.87. The molecule has 6 heteroatoms. The van der Waals surface area contributed by atoms with Crippen molar-refractivity contribution in [2.45, 2.75) is 6.61 Å². The fourth-order valence-corrected chi connectivity index (χ4v) is 2.56. The summed E-state index contributed by atoms with van der Waals surface area (Å²) in [5.74, 6) is 0.343. The Kier molecular flexibility index (Phi) is 6.25. The van der Waals surface area contributed by atoms with Gasteiger partial charge in [-0.15, -0.1) is 0 Å². The van der Waals surface area contributed by atoms with Crippen LogP contribution in [0.1, 0.15) is 15.9 Å². The lowest BCUT2D eigenvalue weighted by Crippen LogP contribution is -2.20. The molecule has 3 aromatic rings. The molecule has 142 valence electrons. The molecule has 0 aliphatic heterocycles. The van der Waals surface area contributed by atoms with Gasteiger partial charge in [0.1, 0.15) is 18.1 Å². The molecule has 0 atom stereocenters. The number of hydrogen-bond acceptors (Lipinski definition) is 4. The first-order chi connectivity index (χ1) is 13.6. The van der Waals surface area contributed by atoms with Crippen molar-refractivity contribution in [3.8, 4) is 11.5 Å². The molecule has 0 spiro atoms. The van der Waals surface area contributed by atoms with E-state index in [4.69, 9.17) is 15.2 Å². The molecule has 28 heavy (non-hydrogen) atoms. The highest BCUT2D eigenvalue weighted by Crippen LogP contribution is 2.20. The number of carbonyl (C=O) groups is 2. The molecule has 0 aliphatic rings. The number of primary amides is 1. The Morgan fingerprint density at radius 1 is 0.821 bits per heavy atom. The van der Waals surface area contributed by atoms with Crippen LogP contribution in [0.25, 0.3) is 0 Å². The van der Waals surface area contributed by atoms with Crippen LogP contribution in [-0.2, 0) is 11.4 Å². The summed E-state index contributed by atoms with van der Waals surface area (Å²) in [6.45, 7) is 0.0480. The first-order valence-corrected chi connectivity index (χ1v) is 8.70. The highest BCUT2D eigenvalue weighted by Gasteiger charge is 2.12. The second-order valence-electron chi connectivity index (χ2n) is 6.00. The first kappa shape index (κ1) is 19.0. The van der Waals surface area contributed by atoms with Crippen LogP contribution in [0.5, 0.6) is 11.5 Å². The van der Waals surface area contributed by atoms with Crippen molar-refractivity contribution in [3.63, 3.8) is 0 Å². The van der Waals surface area contributed by atoms with E-state index in [1.54, 1.807) is 36.4 Å². The summed E-state index contributed by atoms with van der Waals surface area (Å²) in [6.07, 6.45) is 0. The molecule has 0 bridgehead atoms. The van der Waals surface area contributed by atoms with Crippen LogP contribution < -0.4 is 20.5 Å². The smallest absolute Gasteiger partial charge is 0.256 e. The van der Waals surface area contributed by atoms with Crippen LogP contribution in [0.15, 0.2) is 78.9 Å². The van der Waals surface area contributed by atoms with Crippen LogP contribution in [-0.4, -0.2) is 18.4 Å². The van der Waals surface area contributed by atoms with Crippen LogP contribution >= 0.6 is 0 Å². The molecule has 2 amide bonds. The molecule has 0 radical (unpaired) electrons. The highest BCUT2D eigenvalue weighted by molar-refractivity contribution is 6.05. The van der Waals surface area contributed by atoms with Crippen molar-refractivity contribution in [3.05, 3.63) is 90.0 Å². The van der Waals surface area contributed by atoms with E-state index in [9.17, 15) is 9.59 Å². The molecular formula is C22H20N2O4. The summed E-state index contributed by atoms with van der Waals surface area (Å²) in [6, 6.07) is 23.4. The molecule has 3 rings (SSSR count). The number of para-hydroxylation sites is 1. The molecule has 0 unspecified atom stereocenters. The summed E-state index contributed by atoms with van der Waals surface area (Å²) >= 11 is 0. The Balaban J connectivity index is 1.69. The van der Waals surface area contributed by atoms with Gasteiger partial charge in [-0.05, 0) is 30.3 Å². The van der Waals surface area contributed by atoms with Gasteiger partial charge in [0.25, 0.3) is 11.8 Å². The summed E-state index contributed by atoms with van der Waals surface area (Å²) in [5.41, 5.74) is 6.91. The van der Waals surface area contributed by atoms with Gasteiger partial charge in [-0.3, -0.25) is 9.59 Å². The summed E-state index contributed by atoms with van der Waals surface area (Å²) in [5, 5.41) is 2.83. The number of benzene rings is 3. The summed E-state index contributed by atoms with van der Waals surface area (Å²) in [7, 11) is 0. The second-order valence-corrected chi connectivity index (χ2v) is 6.00. The SMILES string of the molecule is NC(=O)COc1cccc(NC(=O)c2ccccc2COc2ccccc2)c1. The largest absolute Gasteiger partial charge is 0.489 e. The lowest BCUT2D eigenvalue weighted by molar-refractivity contribution is -0.119. The number of nitrogens with one attached hydrogen (secondary N) is 1. The highest BCUT2D eigenvalue weighted by atomic mass is 16.5. The lowest BCUT2D eigenvalue weighted by atomic mass is 10.1. The van der Waals surface area contributed by atoms with Gasteiger partial charge in [-0.25, -0.2) is 0 Å². The van der Waals surface area contributed by atoms with Crippen molar-refractivity contribution in [2.75, 3.05) is 11.9 Å². The molecule has 0 saturated carbocycles. The number of nitrogens with two attached hydrogens (primary N) is 1. The van der Waals surface area contributed by atoms with E-state index in [2.05, 4.69) is 5.32 Å². The zero-order valence-corrected chi connectivity index (χ0v) is 15.1. The maximum Gasteiger partial charge on any atom is 0.256 e. The number of hydrogen-bond donors (Lipinski definition) is 2. The van der Waals surface area contributed by atoms with E-state index in [1.807, 2.05) is 42.5 Å².